The zero-order valence-electron chi connectivity index (χ0n) is 17.5. The fraction of sp³-hybridized carbons (Fsp3) is 0.136. The lowest BCUT2D eigenvalue weighted by atomic mass is 10.1. The molecule has 1 amide bonds. The maximum absolute atomic E-state index is 12.6. The highest BCUT2D eigenvalue weighted by Crippen LogP contribution is 2.20. The molecule has 0 spiro atoms. The van der Waals surface area contributed by atoms with Gasteiger partial charge < -0.3 is 5.32 Å². The topological polar surface area (TPSA) is 135 Å². The molecule has 0 aliphatic heterocycles. The molecule has 0 fully saturated rings. The molecular formula is C22H23N3O5S2. The summed E-state index contributed by atoms with van der Waals surface area (Å²) < 4.78 is 50.2. The molecule has 3 aromatic carbocycles. The van der Waals surface area contributed by atoms with Crippen LogP contribution in [0.4, 0.5) is 11.4 Å². The molecule has 32 heavy (non-hydrogen) atoms. The van der Waals surface area contributed by atoms with Gasteiger partial charge in [-0.2, -0.15) is 0 Å². The molecule has 0 heterocycles. The molecule has 8 nitrogen and oxygen atoms in total. The lowest BCUT2D eigenvalue weighted by molar-refractivity contribution is 0.102. The summed E-state index contributed by atoms with van der Waals surface area (Å²) in [5.74, 6) is -0.771. The summed E-state index contributed by atoms with van der Waals surface area (Å²) >= 11 is 0. The van der Waals surface area contributed by atoms with Gasteiger partial charge in [0, 0.05) is 16.9 Å². The third-order valence-electron chi connectivity index (χ3n) is 4.74. The number of carbonyl (C=O) groups is 1. The van der Waals surface area contributed by atoms with Crippen molar-refractivity contribution in [3.63, 3.8) is 0 Å². The van der Waals surface area contributed by atoms with Crippen LogP contribution in [-0.2, 0) is 25.8 Å². The molecule has 0 radical (unpaired) electrons. The number of hydrogen-bond donors (Lipinski definition) is 3. The molecule has 0 unspecified atom stereocenters. The molecule has 168 valence electrons. The Hall–Kier alpha value is -3.21. The number of amides is 1. The summed E-state index contributed by atoms with van der Waals surface area (Å²) in [6, 6.07) is 17.2. The average molecular weight is 474 g/mol. The number of benzene rings is 3. The molecule has 3 aromatic rings. The largest absolute Gasteiger partial charge is 0.322 e. The number of nitrogens with two attached hydrogens (primary N) is 1. The highest BCUT2D eigenvalue weighted by atomic mass is 32.2. The predicted molar refractivity (Wildman–Crippen MR) is 124 cm³/mol. The van der Waals surface area contributed by atoms with Gasteiger partial charge in [0.25, 0.3) is 15.9 Å². The minimum atomic E-state index is -3.76. The van der Waals surface area contributed by atoms with E-state index in [1.54, 1.807) is 30.3 Å². The summed E-state index contributed by atoms with van der Waals surface area (Å²) in [5.41, 5.74) is 3.34. The molecule has 0 saturated heterocycles. The molecule has 0 aliphatic rings. The summed E-state index contributed by atoms with van der Waals surface area (Å²) in [6.07, 6.45) is 0. The van der Waals surface area contributed by atoms with Crippen LogP contribution in [0.3, 0.4) is 0 Å². The maximum Gasteiger partial charge on any atom is 0.261 e. The minimum absolute atomic E-state index is 0.154. The SMILES string of the molecule is Cc1ccc(S(=O)(=O)Nc2ccc(C(=O)Nc3cccc(CS(N)(=O)=O)c3)cc2)cc1C. The summed E-state index contributed by atoms with van der Waals surface area (Å²) in [6.45, 7) is 3.74. The Balaban J connectivity index is 1.71. The number of hydrogen-bond acceptors (Lipinski definition) is 5. The molecule has 0 aromatic heterocycles. The van der Waals surface area contributed by atoms with E-state index in [9.17, 15) is 21.6 Å². The van der Waals surface area contributed by atoms with Gasteiger partial charge >= 0.3 is 0 Å². The number of nitrogens with one attached hydrogen (secondary N) is 2. The van der Waals surface area contributed by atoms with Crippen LogP contribution < -0.4 is 15.2 Å². The Morgan fingerprint density at radius 1 is 0.844 bits per heavy atom. The van der Waals surface area contributed by atoms with Crippen LogP contribution in [0.5, 0.6) is 0 Å². The van der Waals surface area contributed by atoms with E-state index in [1.165, 1.54) is 36.4 Å². The normalized spacial score (nSPS) is 11.7. The Kier molecular flexibility index (Phi) is 6.68. The fourth-order valence-electron chi connectivity index (χ4n) is 2.96. The van der Waals surface area contributed by atoms with Crippen molar-refractivity contribution in [3.05, 3.63) is 89.0 Å². The third-order valence-corrected chi connectivity index (χ3v) is 6.86. The second-order valence-electron chi connectivity index (χ2n) is 7.39. The number of primary sulfonamides is 1. The standard InChI is InChI=1S/C22H23N3O5S2/c1-15-6-11-21(12-16(15)2)32(29,30)25-19-9-7-18(8-10-19)22(26)24-20-5-3-4-17(13-20)14-31(23,27)28/h3-13,25H,14H2,1-2H3,(H,24,26)(H2,23,27,28). The van der Waals surface area contributed by atoms with Crippen molar-refractivity contribution in [1.29, 1.82) is 0 Å². The highest BCUT2D eigenvalue weighted by molar-refractivity contribution is 7.92. The van der Waals surface area contributed by atoms with Crippen molar-refractivity contribution in [2.45, 2.75) is 24.5 Å². The van der Waals surface area contributed by atoms with E-state index in [-0.39, 0.29) is 10.6 Å². The van der Waals surface area contributed by atoms with Gasteiger partial charge in [-0.05, 0) is 79.1 Å². The summed E-state index contributed by atoms with van der Waals surface area (Å²) in [4.78, 5) is 12.7. The Labute approximate surface area is 187 Å². The molecular weight excluding hydrogens is 450 g/mol. The van der Waals surface area contributed by atoms with Crippen LogP contribution in [0, 0.1) is 13.8 Å². The second-order valence-corrected chi connectivity index (χ2v) is 10.7. The van der Waals surface area contributed by atoms with E-state index in [1.807, 2.05) is 13.8 Å². The van der Waals surface area contributed by atoms with Crippen LogP contribution in [-0.4, -0.2) is 22.7 Å². The van der Waals surface area contributed by atoms with Gasteiger partial charge in [0.15, 0.2) is 0 Å². The molecule has 0 bridgehead atoms. The molecule has 0 atom stereocenters. The first-order valence-corrected chi connectivity index (χ1v) is 12.7. The van der Waals surface area contributed by atoms with Gasteiger partial charge in [-0.1, -0.05) is 18.2 Å². The van der Waals surface area contributed by atoms with Crippen LogP contribution >= 0.6 is 0 Å². The summed E-state index contributed by atoms with van der Waals surface area (Å²) in [5, 5.41) is 7.73. The first-order chi connectivity index (χ1) is 14.9. The van der Waals surface area contributed by atoms with Crippen LogP contribution in [0.2, 0.25) is 0 Å². The first-order valence-electron chi connectivity index (χ1n) is 9.54. The van der Waals surface area contributed by atoms with Crippen molar-refractivity contribution < 1.29 is 21.6 Å². The Morgan fingerprint density at radius 3 is 2.16 bits per heavy atom. The number of aryl methyl sites for hydroxylation is 2. The van der Waals surface area contributed by atoms with Gasteiger partial charge in [0.05, 0.1) is 10.6 Å². The van der Waals surface area contributed by atoms with Crippen molar-refractivity contribution >= 4 is 37.3 Å². The van der Waals surface area contributed by atoms with Gasteiger partial charge in [0.1, 0.15) is 0 Å². The maximum atomic E-state index is 12.6. The minimum Gasteiger partial charge on any atom is -0.322 e. The van der Waals surface area contributed by atoms with Gasteiger partial charge in [-0.15, -0.1) is 0 Å². The van der Waals surface area contributed by atoms with Crippen LogP contribution in [0.1, 0.15) is 27.0 Å². The fourth-order valence-corrected chi connectivity index (χ4v) is 4.75. The van der Waals surface area contributed by atoms with Crippen LogP contribution in [0.15, 0.2) is 71.6 Å². The average Bonchev–Trinajstić information content (AvgIpc) is 2.69. The van der Waals surface area contributed by atoms with E-state index in [0.717, 1.165) is 11.1 Å². The first kappa shape index (κ1) is 23.5. The predicted octanol–water partition coefficient (Wildman–Crippen LogP) is 3.15. The van der Waals surface area contributed by atoms with E-state index < -0.39 is 26.0 Å². The monoisotopic (exact) mass is 473 g/mol. The van der Waals surface area contributed by atoms with E-state index in [4.69, 9.17) is 5.14 Å². The number of carbonyl (C=O) groups excluding carboxylic acids is 1. The Bertz CT molecular complexity index is 1370. The van der Waals surface area contributed by atoms with Gasteiger partial charge in [-0.25, -0.2) is 22.0 Å². The summed E-state index contributed by atoms with van der Waals surface area (Å²) in [7, 11) is -7.45. The second kappa shape index (κ2) is 9.11. The van der Waals surface area contributed by atoms with Crippen molar-refractivity contribution in [2.75, 3.05) is 10.0 Å². The van der Waals surface area contributed by atoms with E-state index in [0.29, 0.717) is 22.5 Å². The molecule has 0 aliphatic carbocycles. The molecule has 3 rings (SSSR count). The van der Waals surface area contributed by atoms with Gasteiger partial charge in [-0.3, -0.25) is 9.52 Å². The zero-order valence-corrected chi connectivity index (χ0v) is 19.1. The number of sulfonamides is 2. The molecule has 0 saturated carbocycles. The number of rotatable bonds is 7. The van der Waals surface area contributed by atoms with Crippen molar-refractivity contribution in [1.82, 2.24) is 0 Å². The van der Waals surface area contributed by atoms with Crippen LogP contribution in [0.25, 0.3) is 0 Å². The quantitative estimate of drug-likeness (QED) is 0.484. The molecule has 4 N–H and O–H groups in total. The van der Waals surface area contributed by atoms with E-state index in [2.05, 4.69) is 10.0 Å². The van der Waals surface area contributed by atoms with Crippen molar-refractivity contribution in [2.24, 2.45) is 5.14 Å². The smallest absolute Gasteiger partial charge is 0.261 e. The number of anilines is 2. The highest BCUT2D eigenvalue weighted by Gasteiger charge is 2.15. The zero-order chi connectivity index (χ0) is 23.5. The lowest BCUT2D eigenvalue weighted by Crippen LogP contribution is -2.15. The Morgan fingerprint density at radius 2 is 1.53 bits per heavy atom. The van der Waals surface area contributed by atoms with Gasteiger partial charge in [0.2, 0.25) is 10.0 Å². The van der Waals surface area contributed by atoms with Crippen molar-refractivity contribution in [3.8, 4) is 0 Å². The lowest BCUT2D eigenvalue weighted by Gasteiger charge is -2.11. The third kappa shape index (κ3) is 6.16. The van der Waals surface area contributed by atoms with E-state index >= 15 is 0 Å². The molecule has 10 heteroatoms.